The number of nitrogens with zero attached hydrogens (tertiary/aromatic N) is 1. The fourth-order valence-electron chi connectivity index (χ4n) is 1.32. The second-order valence-electron chi connectivity index (χ2n) is 3.52. The number of aromatic nitrogens is 1. The Morgan fingerprint density at radius 2 is 2.25 bits per heavy atom. The van der Waals surface area contributed by atoms with Gasteiger partial charge < -0.3 is 10.1 Å². The summed E-state index contributed by atoms with van der Waals surface area (Å²) in [6.45, 7) is 7.72. The largest absolute Gasteiger partial charge is 0.380 e. The van der Waals surface area contributed by atoms with E-state index in [0.29, 0.717) is 6.04 Å². The Labute approximate surface area is 102 Å². The lowest BCUT2D eigenvalue weighted by atomic mass is 10.3. The molecule has 0 amide bonds. The van der Waals surface area contributed by atoms with Crippen LogP contribution < -0.4 is 5.32 Å². The number of thioether (sulfide) groups is 1. The van der Waals surface area contributed by atoms with Gasteiger partial charge in [-0.1, -0.05) is 6.92 Å². The Morgan fingerprint density at radius 3 is 2.81 bits per heavy atom. The van der Waals surface area contributed by atoms with E-state index in [-0.39, 0.29) is 0 Å². The van der Waals surface area contributed by atoms with Crippen LogP contribution >= 0.6 is 11.8 Å². The molecule has 90 valence electrons. The van der Waals surface area contributed by atoms with Gasteiger partial charge in [0.25, 0.3) is 0 Å². The molecule has 0 aliphatic carbocycles. The number of ether oxygens (including phenoxy) is 1. The summed E-state index contributed by atoms with van der Waals surface area (Å²) in [5.41, 5.74) is 1.05. The highest BCUT2D eigenvalue weighted by Crippen LogP contribution is 2.16. The van der Waals surface area contributed by atoms with Gasteiger partial charge in [0, 0.05) is 12.6 Å². The fourth-order valence-corrected chi connectivity index (χ4v) is 1.91. The molecule has 0 aliphatic heterocycles. The van der Waals surface area contributed by atoms with Crippen LogP contribution in [-0.4, -0.2) is 30.0 Å². The molecule has 0 aromatic carbocycles. The minimum absolute atomic E-state index is 0.312. The van der Waals surface area contributed by atoms with Gasteiger partial charge in [0.05, 0.1) is 23.5 Å². The Morgan fingerprint density at radius 1 is 1.44 bits per heavy atom. The highest BCUT2D eigenvalue weighted by atomic mass is 32.2. The molecule has 0 spiro atoms. The molecule has 0 radical (unpaired) electrons. The monoisotopic (exact) mass is 240 g/mol. The van der Waals surface area contributed by atoms with Crippen LogP contribution in [0.15, 0.2) is 23.4 Å². The lowest BCUT2D eigenvalue weighted by molar-refractivity contribution is 0.141. The summed E-state index contributed by atoms with van der Waals surface area (Å²) in [7, 11) is 0. The molecule has 1 aromatic rings. The van der Waals surface area contributed by atoms with Crippen molar-refractivity contribution < 1.29 is 4.74 Å². The predicted octanol–water partition coefficient (Wildman–Crippen LogP) is 3.03. The van der Waals surface area contributed by atoms with Crippen molar-refractivity contribution in [2.24, 2.45) is 0 Å². The first-order chi connectivity index (χ1) is 7.76. The third-order valence-electron chi connectivity index (χ3n) is 2.01. The summed E-state index contributed by atoms with van der Waals surface area (Å²) in [5.74, 6) is 1.06. The Hall–Kier alpha value is -0.740. The van der Waals surface area contributed by atoms with Crippen molar-refractivity contribution in [1.82, 2.24) is 4.98 Å². The molecule has 1 atom stereocenters. The molecule has 1 unspecified atom stereocenters. The first-order valence-corrected chi connectivity index (χ1v) is 6.68. The van der Waals surface area contributed by atoms with Gasteiger partial charge >= 0.3 is 0 Å². The van der Waals surface area contributed by atoms with E-state index < -0.39 is 0 Å². The van der Waals surface area contributed by atoms with E-state index in [1.807, 2.05) is 19.2 Å². The van der Waals surface area contributed by atoms with Crippen molar-refractivity contribution in [3.8, 4) is 0 Å². The van der Waals surface area contributed by atoms with Crippen LogP contribution in [0.25, 0.3) is 0 Å². The van der Waals surface area contributed by atoms with Gasteiger partial charge in [0.1, 0.15) is 0 Å². The zero-order chi connectivity index (χ0) is 11.8. The van der Waals surface area contributed by atoms with Gasteiger partial charge in [-0.25, -0.2) is 4.98 Å². The topological polar surface area (TPSA) is 34.1 Å². The molecular weight excluding hydrogens is 220 g/mol. The number of rotatable bonds is 7. The quantitative estimate of drug-likeness (QED) is 0.743. The maximum Gasteiger partial charge on any atom is 0.0961 e. The van der Waals surface area contributed by atoms with E-state index in [1.54, 1.807) is 11.8 Å². The van der Waals surface area contributed by atoms with E-state index in [4.69, 9.17) is 4.74 Å². The average molecular weight is 240 g/mol. The molecule has 1 aromatic heterocycles. The van der Waals surface area contributed by atoms with Gasteiger partial charge in [-0.05, 0) is 31.7 Å². The van der Waals surface area contributed by atoms with Crippen molar-refractivity contribution in [3.05, 3.63) is 18.3 Å². The predicted molar refractivity (Wildman–Crippen MR) is 70.2 cm³/mol. The second kappa shape index (κ2) is 7.52. The van der Waals surface area contributed by atoms with Crippen LogP contribution in [0.4, 0.5) is 5.69 Å². The van der Waals surface area contributed by atoms with Crippen LogP contribution in [0.1, 0.15) is 20.8 Å². The molecule has 0 fully saturated rings. The van der Waals surface area contributed by atoms with Crippen LogP contribution in [0.3, 0.4) is 0 Å². The minimum Gasteiger partial charge on any atom is -0.380 e. The number of hydrogen-bond acceptors (Lipinski definition) is 4. The van der Waals surface area contributed by atoms with Crippen molar-refractivity contribution in [2.75, 3.05) is 24.3 Å². The van der Waals surface area contributed by atoms with Crippen molar-refractivity contribution in [1.29, 1.82) is 0 Å². The molecular formula is C12H20N2OS. The van der Waals surface area contributed by atoms with Gasteiger partial charge in [-0.2, -0.15) is 0 Å². The summed E-state index contributed by atoms with van der Waals surface area (Å²) in [6, 6.07) is 4.42. The van der Waals surface area contributed by atoms with Crippen LogP contribution in [0, 0.1) is 0 Å². The number of hydrogen-bond donors (Lipinski definition) is 1. The highest BCUT2D eigenvalue weighted by molar-refractivity contribution is 7.99. The fraction of sp³-hybridized carbons (Fsp3) is 0.583. The average Bonchev–Trinajstić information content (AvgIpc) is 2.29. The maximum absolute atomic E-state index is 5.34. The van der Waals surface area contributed by atoms with Gasteiger partial charge in [-0.15, -0.1) is 11.8 Å². The van der Waals surface area contributed by atoms with E-state index in [1.165, 1.54) is 0 Å². The zero-order valence-corrected chi connectivity index (χ0v) is 11.0. The molecule has 0 bridgehead atoms. The minimum atomic E-state index is 0.312. The normalized spacial score (nSPS) is 12.4. The SMILES string of the molecule is CCOCC(C)Nc1ccc(SCC)nc1. The summed E-state index contributed by atoms with van der Waals surface area (Å²) in [6.07, 6.45) is 1.88. The molecule has 3 nitrogen and oxygen atoms in total. The van der Waals surface area contributed by atoms with Crippen LogP contribution in [0.5, 0.6) is 0 Å². The van der Waals surface area contributed by atoms with Gasteiger partial charge in [0.2, 0.25) is 0 Å². The third kappa shape index (κ3) is 4.86. The zero-order valence-electron chi connectivity index (χ0n) is 10.2. The Bertz CT molecular complexity index is 290. The molecule has 1 N–H and O–H groups in total. The van der Waals surface area contributed by atoms with E-state index in [2.05, 4.69) is 30.2 Å². The molecule has 1 heterocycles. The second-order valence-corrected chi connectivity index (χ2v) is 4.81. The summed E-state index contributed by atoms with van der Waals surface area (Å²) in [5, 5.41) is 4.42. The lowest BCUT2D eigenvalue weighted by Crippen LogP contribution is -2.21. The first kappa shape index (κ1) is 13.3. The summed E-state index contributed by atoms with van der Waals surface area (Å²) in [4.78, 5) is 4.36. The maximum atomic E-state index is 5.34. The van der Waals surface area contributed by atoms with E-state index >= 15 is 0 Å². The number of nitrogens with one attached hydrogen (secondary N) is 1. The smallest absolute Gasteiger partial charge is 0.0961 e. The van der Waals surface area contributed by atoms with Crippen molar-refractivity contribution >= 4 is 17.4 Å². The van der Waals surface area contributed by atoms with Gasteiger partial charge in [-0.3, -0.25) is 0 Å². The summed E-state index contributed by atoms with van der Waals surface area (Å²) < 4.78 is 5.34. The van der Waals surface area contributed by atoms with Crippen LogP contribution in [0.2, 0.25) is 0 Å². The number of anilines is 1. The summed E-state index contributed by atoms with van der Waals surface area (Å²) >= 11 is 1.75. The lowest BCUT2D eigenvalue weighted by Gasteiger charge is -2.14. The third-order valence-corrected chi connectivity index (χ3v) is 2.84. The Balaban J connectivity index is 2.41. The molecule has 16 heavy (non-hydrogen) atoms. The first-order valence-electron chi connectivity index (χ1n) is 5.69. The van der Waals surface area contributed by atoms with E-state index in [0.717, 1.165) is 29.7 Å². The van der Waals surface area contributed by atoms with Crippen LogP contribution in [-0.2, 0) is 4.74 Å². The number of pyridine rings is 1. The Kier molecular flexibility index (Phi) is 6.26. The molecule has 4 heteroatoms. The highest BCUT2D eigenvalue weighted by Gasteiger charge is 2.02. The molecule has 0 aliphatic rings. The molecule has 1 rings (SSSR count). The standard InChI is InChI=1S/C12H20N2OS/c1-4-15-9-10(3)14-11-6-7-12(13-8-11)16-5-2/h6-8,10,14H,4-5,9H2,1-3H3. The van der Waals surface area contributed by atoms with E-state index in [9.17, 15) is 0 Å². The van der Waals surface area contributed by atoms with Gasteiger partial charge in [0.15, 0.2) is 0 Å². The molecule has 0 saturated carbocycles. The van der Waals surface area contributed by atoms with Crippen molar-refractivity contribution in [3.63, 3.8) is 0 Å². The van der Waals surface area contributed by atoms with Crippen molar-refractivity contribution in [2.45, 2.75) is 31.8 Å². The molecule has 0 saturated heterocycles.